The van der Waals surface area contributed by atoms with Gasteiger partial charge in [-0.1, -0.05) is 0 Å². The Morgan fingerprint density at radius 3 is 2.87 bits per heavy atom. The van der Waals surface area contributed by atoms with E-state index in [2.05, 4.69) is 15.9 Å². The zero-order valence-corrected chi connectivity index (χ0v) is 9.59. The van der Waals surface area contributed by atoms with Gasteiger partial charge >= 0.3 is 0 Å². The molecule has 1 aliphatic rings. The van der Waals surface area contributed by atoms with Crippen molar-refractivity contribution in [1.82, 2.24) is 0 Å². The first kappa shape index (κ1) is 10.6. The maximum atomic E-state index is 13.1. The third kappa shape index (κ3) is 2.78. The van der Waals surface area contributed by atoms with Crippen molar-refractivity contribution in [2.24, 2.45) is 5.92 Å². The molecule has 1 aliphatic carbocycles. The number of ketones is 1. The number of carbonyl (C=O) groups is 1. The maximum Gasteiger partial charge on any atom is 0.173 e. The minimum atomic E-state index is -0.383. The van der Waals surface area contributed by atoms with Gasteiger partial charge in [-0.15, -0.1) is 0 Å². The Labute approximate surface area is 95.6 Å². The zero-order valence-electron chi connectivity index (χ0n) is 8.00. The molecule has 2 rings (SSSR count). The number of halogens is 2. The van der Waals surface area contributed by atoms with E-state index in [9.17, 15) is 9.18 Å². The van der Waals surface area contributed by atoms with Gasteiger partial charge in [-0.05, 0) is 40.9 Å². The summed E-state index contributed by atoms with van der Waals surface area (Å²) in [5.74, 6) is 0.305. The van der Waals surface area contributed by atoms with E-state index >= 15 is 0 Å². The average molecular weight is 273 g/mol. The molecule has 1 aromatic carbocycles. The smallest absolute Gasteiger partial charge is 0.173 e. The van der Waals surface area contributed by atoms with Crippen LogP contribution in [0.3, 0.4) is 0 Å². The molecule has 0 spiro atoms. The Kier molecular flexibility index (Phi) is 3.05. The van der Waals surface area contributed by atoms with E-state index in [4.69, 9.17) is 4.74 Å². The van der Waals surface area contributed by atoms with E-state index in [-0.39, 0.29) is 24.1 Å². The molecule has 1 aromatic rings. The topological polar surface area (TPSA) is 26.3 Å². The van der Waals surface area contributed by atoms with Crippen molar-refractivity contribution >= 4 is 21.7 Å². The van der Waals surface area contributed by atoms with Crippen LogP contribution in [0.15, 0.2) is 22.7 Å². The normalized spacial score (nSPS) is 15.1. The van der Waals surface area contributed by atoms with E-state index in [1.54, 1.807) is 12.1 Å². The molecule has 80 valence electrons. The monoisotopic (exact) mass is 272 g/mol. The van der Waals surface area contributed by atoms with Gasteiger partial charge in [0.2, 0.25) is 0 Å². The lowest BCUT2D eigenvalue weighted by molar-refractivity contribution is -0.122. The molecule has 1 fully saturated rings. The number of benzene rings is 1. The Balaban J connectivity index is 1.92. The highest BCUT2D eigenvalue weighted by Crippen LogP contribution is 2.30. The van der Waals surface area contributed by atoms with E-state index < -0.39 is 0 Å². The summed E-state index contributed by atoms with van der Waals surface area (Å²) in [6, 6.07) is 4.46. The lowest BCUT2D eigenvalue weighted by Crippen LogP contribution is -2.12. The van der Waals surface area contributed by atoms with Crippen LogP contribution in [0.5, 0.6) is 5.75 Å². The molecular weight excluding hydrogens is 263 g/mol. The molecule has 0 bridgehead atoms. The van der Waals surface area contributed by atoms with Gasteiger partial charge in [0.25, 0.3) is 0 Å². The minimum Gasteiger partial charge on any atom is -0.486 e. The van der Waals surface area contributed by atoms with Gasteiger partial charge < -0.3 is 4.74 Å². The fourth-order valence-electron chi connectivity index (χ4n) is 1.24. The maximum absolute atomic E-state index is 13.1. The fourth-order valence-corrected chi connectivity index (χ4v) is 1.49. The summed E-state index contributed by atoms with van der Waals surface area (Å²) in [5, 5.41) is 0. The van der Waals surface area contributed by atoms with Crippen molar-refractivity contribution in [2.75, 3.05) is 6.61 Å². The van der Waals surface area contributed by atoms with Gasteiger partial charge in [-0.2, -0.15) is 0 Å². The van der Waals surface area contributed by atoms with Crippen LogP contribution >= 0.6 is 15.9 Å². The van der Waals surface area contributed by atoms with Crippen LogP contribution in [0.1, 0.15) is 12.8 Å². The van der Waals surface area contributed by atoms with Gasteiger partial charge in [-0.25, -0.2) is 4.39 Å². The minimum absolute atomic E-state index is 0.0474. The van der Waals surface area contributed by atoms with Crippen LogP contribution in [-0.2, 0) is 4.79 Å². The highest BCUT2D eigenvalue weighted by molar-refractivity contribution is 9.10. The second kappa shape index (κ2) is 4.31. The van der Waals surface area contributed by atoms with Crippen LogP contribution in [0.4, 0.5) is 4.39 Å². The van der Waals surface area contributed by atoms with Gasteiger partial charge in [-0.3, -0.25) is 4.79 Å². The number of hydrogen-bond donors (Lipinski definition) is 0. The van der Waals surface area contributed by atoms with E-state index in [1.807, 2.05) is 0 Å². The summed E-state index contributed by atoms with van der Waals surface area (Å²) in [7, 11) is 0. The van der Waals surface area contributed by atoms with Crippen molar-refractivity contribution in [1.29, 1.82) is 0 Å². The van der Waals surface area contributed by atoms with Gasteiger partial charge in [0.1, 0.15) is 18.2 Å². The molecule has 2 nitrogen and oxygen atoms in total. The first-order valence-corrected chi connectivity index (χ1v) is 5.56. The molecule has 0 saturated heterocycles. The van der Waals surface area contributed by atoms with Crippen LogP contribution in [0.2, 0.25) is 0 Å². The second-order valence-corrected chi connectivity index (χ2v) is 4.46. The summed E-state index contributed by atoms with van der Waals surface area (Å²) < 4.78 is 18.6. The van der Waals surface area contributed by atoms with Crippen molar-refractivity contribution in [3.8, 4) is 5.75 Å². The molecule has 0 radical (unpaired) electrons. The molecule has 4 heteroatoms. The van der Waals surface area contributed by atoms with Crippen molar-refractivity contribution in [3.63, 3.8) is 0 Å². The molecule has 0 aliphatic heterocycles. The first-order chi connectivity index (χ1) is 7.16. The standard InChI is InChI=1S/C11H10BrFO2/c12-9-4-3-8(5-10(9)13)15-6-11(14)7-1-2-7/h3-5,7H,1-2,6H2. The van der Waals surface area contributed by atoms with Crippen LogP contribution in [-0.4, -0.2) is 12.4 Å². The molecule has 0 N–H and O–H groups in total. The Bertz CT molecular complexity index is 388. The van der Waals surface area contributed by atoms with E-state index in [0.29, 0.717) is 10.2 Å². The van der Waals surface area contributed by atoms with E-state index in [1.165, 1.54) is 6.07 Å². The number of hydrogen-bond acceptors (Lipinski definition) is 2. The second-order valence-electron chi connectivity index (χ2n) is 3.61. The number of ether oxygens (including phenoxy) is 1. The molecule has 0 aromatic heterocycles. The Morgan fingerprint density at radius 2 is 2.27 bits per heavy atom. The summed E-state index contributed by atoms with van der Waals surface area (Å²) in [4.78, 5) is 11.3. The zero-order chi connectivity index (χ0) is 10.8. The molecule has 0 unspecified atom stereocenters. The number of Topliss-reactive ketones (excluding diaryl/α,β-unsaturated/α-hetero) is 1. The molecule has 1 saturated carbocycles. The first-order valence-electron chi connectivity index (χ1n) is 4.77. The lowest BCUT2D eigenvalue weighted by Gasteiger charge is -2.05. The van der Waals surface area contributed by atoms with Gasteiger partial charge in [0, 0.05) is 12.0 Å². The van der Waals surface area contributed by atoms with E-state index in [0.717, 1.165) is 12.8 Å². The van der Waals surface area contributed by atoms with Crippen LogP contribution in [0.25, 0.3) is 0 Å². The Hall–Kier alpha value is -0.900. The third-order valence-corrected chi connectivity index (χ3v) is 2.95. The largest absolute Gasteiger partial charge is 0.486 e. The highest BCUT2D eigenvalue weighted by atomic mass is 79.9. The highest BCUT2D eigenvalue weighted by Gasteiger charge is 2.29. The fraction of sp³-hybridized carbons (Fsp3) is 0.364. The van der Waals surface area contributed by atoms with Crippen molar-refractivity contribution in [3.05, 3.63) is 28.5 Å². The van der Waals surface area contributed by atoms with Crippen LogP contribution < -0.4 is 4.74 Å². The van der Waals surface area contributed by atoms with Crippen molar-refractivity contribution < 1.29 is 13.9 Å². The number of rotatable bonds is 4. The summed E-state index contributed by atoms with van der Waals surface area (Å²) in [6.45, 7) is 0.0474. The molecular formula is C11H10BrFO2. The summed E-state index contributed by atoms with van der Waals surface area (Å²) >= 11 is 3.05. The quantitative estimate of drug-likeness (QED) is 0.843. The molecule has 0 amide bonds. The lowest BCUT2D eigenvalue weighted by atomic mass is 10.3. The molecule has 0 heterocycles. The summed E-state index contributed by atoms with van der Waals surface area (Å²) in [6.07, 6.45) is 1.94. The predicted molar refractivity (Wildman–Crippen MR) is 57.3 cm³/mol. The SMILES string of the molecule is O=C(COc1ccc(Br)c(F)c1)C1CC1. The van der Waals surface area contributed by atoms with Gasteiger partial charge in [0.15, 0.2) is 5.78 Å². The summed E-state index contributed by atoms with van der Waals surface area (Å²) in [5.41, 5.74) is 0. The third-order valence-electron chi connectivity index (χ3n) is 2.30. The predicted octanol–water partition coefficient (Wildman–Crippen LogP) is 2.95. The molecule has 15 heavy (non-hydrogen) atoms. The average Bonchev–Trinajstić information content (AvgIpc) is 3.03. The number of carbonyl (C=O) groups excluding carboxylic acids is 1. The molecule has 0 atom stereocenters. The Morgan fingerprint density at radius 1 is 1.53 bits per heavy atom. The van der Waals surface area contributed by atoms with Crippen LogP contribution in [0, 0.1) is 11.7 Å². The van der Waals surface area contributed by atoms with Crippen molar-refractivity contribution in [2.45, 2.75) is 12.8 Å². The van der Waals surface area contributed by atoms with Gasteiger partial charge in [0.05, 0.1) is 4.47 Å².